The molecule has 0 bridgehead atoms. The summed E-state index contributed by atoms with van der Waals surface area (Å²) >= 11 is 0. The molecule has 110 valence electrons. The van der Waals surface area contributed by atoms with Crippen molar-refractivity contribution in [2.45, 2.75) is 51.4 Å². The fourth-order valence-corrected chi connectivity index (χ4v) is 4.22. The second-order valence-electron chi connectivity index (χ2n) is 6.67. The number of methoxy groups -OCH3 is 1. The molecule has 0 amide bonds. The van der Waals surface area contributed by atoms with Crippen molar-refractivity contribution in [3.8, 4) is 0 Å². The maximum absolute atomic E-state index is 11.9. The molecule has 0 aromatic rings. The maximum Gasteiger partial charge on any atom is 0.336 e. The van der Waals surface area contributed by atoms with Crippen LogP contribution in [0.3, 0.4) is 0 Å². The van der Waals surface area contributed by atoms with Crippen LogP contribution < -0.4 is 0 Å². The lowest BCUT2D eigenvalue weighted by Gasteiger charge is -2.52. The van der Waals surface area contributed by atoms with Gasteiger partial charge in [0.25, 0.3) is 0 Å². The molecule has 4 heteroatoms. The highest BCUT2D eigenvalue weighted by Gasteiger charge is 2.59. The number of hydrogen-bond acceptors (Lipinski definition) is 4. The van der Waals surface area contributed by atoms with Crippen LogP contribution in [-0.4, -0.2) is 30.1 Å². The fraction of sp³-hybridized carbons (Fsp3) is 0.688. The number of carbonyl (C=O) groups excluding carboxylic acids is 1. The van der Waals surface area contributed by atoms with E-state index in [-0.39, 0.29) is 17.3 Å². The molecule has 3 rings (SSSR count). The molecule has 1 aliphatic heterocycles. The highest BCUT2D eigenvalue weighted by atomic mass is 16.7. The van der Waals surface area contributed by atoms with Gasteiger partial charge in [-0.15, -0.1) is 0 Å². The summed E-state index contributed by atoms with van der Waals surface area (Å²) in [5, 5.41) is 10.1. The Labute approximate surface area is 119 Å². The number of ether oxygens (including phenoxy) is 2. The Balaban J connectivity index is 2.05. The number of aliphatic hydroxyl groups excluding tert-OH is 1. The van der Waals surface area contributed by atoms with E-state index in [0.717, 1.165) is 24.0 Å². The number of fused-ring (bicyclic) bond motifs is 2. The summed E-state index contributed by atoms with van der Waals surface area (Å²) in [4.78, 5) is 11.9. The molecule has 4 atom stereocenters. The first-order valence-corrected chi connectivity index (χ1v) is 7.18. The molecule has 0 saturated heterocycles. The Morgan fingerprint density at radius 3 is 2.85 bits per heavy atom. The van der Waals surface area contributed by atoms with Gasteiger partial charge in [0.15, 0.2) is 0 Å². The first kappa shape index (κ1) is 13.8. The van der Waals surface area contributed by atoms with Gasteiger partial charge in [0.1, 0.15) is 0 Å². The molecule has 0 aromatic heterocycles. The third-order valence-corrected chi connectivity index (χ3v) is 5.56. The predicted octanol–water partition coefficient (Wildman–Crippen LogP) is 2.33. The maximum atomic E-state index is 11.9. The quantitative estimate of drug-likeness (QED) is 0.591. The summed E-state index contributed by atoms with van der Waals surface area (Å²) in [6.07, 6.45) is 2.52. The Kier molecular flexibility index (Phi) is 2.89. The van der Waals surface area contributed by atoms with E-state index in [4.69, 9.17) is 9.47 Å². The van der Waals surface area contributed by atoms with Crippen LogP contribution in [0.15, 0.2) is 23.3 Å². The molecule has 3 aliphatic rings. The average molecular weight is 278 g/mol. The number of carbonyl (C=O) groups is 1. The Hall–Kier alpha value is -1.13. The molecule has 1 heterocycles. The molecule has 20 heavy (non-hydrogen) atoms. The van der Waals surface area contributed by atoms with Gasteiger partial charge >= 0.3 is 5.97 Å². The molecule has 0 unspecified atom stereocenters. The number of hydrogen-bond donors (Lipinski definition) is 1. The summed E-state index contributed by atoms with van der Waals surface area (Å²) in [5.74, 6) is -0.987. The van der Waals surface area contributed by atoms with Crippen molar-refractivity contribution in [1.29, 1.82) is 0 Å². The van der Waals surface area contributed by atoms with Crippen molar-refractivity contribution in [3.63, 3.8) is 0 Å². The molecule has 0 aromatic carbocycles. The standard InChI is InChI=1S/C16H22O4/c1-9-11-7-12-10(2)14(18)20-16(12,19-4)8-15(11,3)6-5-13(9)17/h11,13,17H,1,5-8H2,2-4H3/t11-,13-,15-,16-/m1/s1. The molecular formula is C16H22O4. The summed E-state index contributed by atoms with van der Waals surface area (Å²) in [6.45, 7) is 8.08. The molecule has 1 N–H and O–H groups in total. The van der Waals surface area contributed by atoms with Crippen molar-refractivity contribution >= 4 is 5.97 Å². The summed E-state index contributed by atoms with van der Waals surface area (Å²) < 4.78 is 11.2. The van der Waals surface area contributed by atoms with Crippen LogP contribution in [-0.2, 0) is 14.3 Å². The van der Waals surface area contributed by atoms with E-state index in [9.17, 15) is 9.90 Å². The van der Waals surface area contributed by atoms with E-state index in [1.54, 1.807) is 14.0 Å². The predicted molar refractivity (Wildman–Crippen MR) is 73.7 cm³/mol. The largest absolute Gasteiger partial charge is 0.426 e. The van der Waals surface area contributed by atoms with Crippen LogP contribution in [0, 0.1) is 11.3 Å². The monoisotopic (exact) mass is 278 g/mol. The first-order chi connectivity index (χ1) is 9.33. The van der Waals surface area contributed by atoms with E-state index in [2.05, 4.69) is 13.5 Å². The summed E-state index contributed by atoms with van der Waals surface area (Å²) in [6, 6.07) is 0. The van der Waals surface area contributed by atoms with Gasteiger partial charge < -0.3 is 14.6 Å². The van der Waals surface area contributed by atoms with Gasteiger partial charge in [-0.25, -0.2) is 4.79 Å². The van der Waals surface area contributed by atoms with Crippen LogP contribution in [0.4, 0.5) is 0 Å². The van der Waals surface area contributed by atoms with Gasteiger partial charge in [-0.05, 0) is 43.1 Å². The molecule has 2 aliphatic carbocycles. The molecule has 4 nitrogen and oxygen atoms in total. The van der Waals surface area contributed by atoms with Gasteiger partial charge in [-0.2, -0.15) is 0 Å². The molecule has 0 radical (unpaired) electrons. The lowest BCUT2D eigenvalue weighted by atomic mass is 9.56. The fourth-order valence-electron chi connectivity index (χ4n) is 4.22. The van der Waals surface area contributed by atoms with Crippen molar-refractivity contribution in [3.05, 3.63) is 23.3 Å². The highest BCUT2D eigenvalue weighted by molar-refractivity contribution is 5.92. The van der Waals surface area contributed by atoms with Crippen LogP contribution >= 0.6 is 0 Å². The Morgan fingerprint density at radius 2 is 2.20 bits per heavy atom. The zero-order valence-electron chi connectivity index (χ0n) is 12.4. The van der Waals surface area contributed by atoms with E-state index in [0.29, 0.717) is 18.4 Å². The van der Waals surface area contributed by atoms with Crippen LogP contribution in [0.5, 0.6) is 0 Å². The van der Waals surface area contributed by atoms with Gasteiger partial charge in [-0.1, -0.05) is 13.5 Å². The highest BCUT2D eigenvalue weighted by Crippen LogP contribution is 2.59. The minimum atomic E-state index is -0.894. The molecule has 0 spiro atoms. The van der Waals surface area contributed by atoms with Gasteiger partial charge in [0.05, 0.1) is 6.10 Å². The second-order valence-corrected chi connectivity index (χ2v) is 6.67. The van der Waals surface area contributed by atoms with Crippen LogP contribution in [0.2, 0.25) is 0 Å². The van der Waals surface area contributed by atoms with E-state index in [1.807, 2.05) is 0 Å². The zero-order valence-corrected chi connectivity index (χ0v) is 12.4. The Morgan fingerprint density at radius 1 is 1.50 bits per heavy atom. The molecule has 2 fully saturated rings. The first-order valence-electron chi connectivity index (χ1n) is 7.18. The summed E-state index contributed by atoms with van der Waals surface area (Å²) in [7, 11) is 1.60. The van der Waals surface area contributed by atoms with Crippen molar-refractivity contribution < 1.29 is 19.4 Å². The van der Waals surface area contributed by atoms with E-state index >= 15 is 0 Å². The number of aliphatic hydroxyl groups is 1. The van der Waals surface area contributed by atoms with E-state index in [1.165, 1.54) is 0 Å². The van der Waals surface area contributed by atoms with Crippen molar-refractivity contribution in [1.82, 2.24) is 0 Å². The third kappa shape index (κ3) is 1.64. The lowest BCUT2D eigenvalue weighted by Crippen LogP contribution is -2.51. The average Bonchev–Trinajstić information content (AvgIpc) is 2.65. The zero-order chi connectivity index (χ0) is 14.7. The van der Waals surface area contributed by atoms with Crippen molar-refractivity contribution in [2.75, 3.05) is 7.11 Å². The van der Waals surface area contributed by atoms with E-state index < -0.39 is 11.9 Å². The van der Waals surface area contributed by atoms with Gasteiger partial charge in [0.2, 0.25) is 5.79 Å². The van der Waals surface area contributed by atoms with Gasteiger partial charge in [0, 0.05) is 24.7 Å². The smallest absolute Gasteiger partial charge is 0.336 e. The second kappa shape index (κ2) is 4.18. The normalized spacial score (nSPS) is 44.2. The van der Waals surface area contributed by atoms with Gasteiger partial charge in [-0.3, -0.25) is 0 Å². The molecular weight excluding hydrogens is 256 g/mol. The number of esters is 1. The third-order valence-electron chi connectivity index (χ3n) is 5.56. The lowest BCUT2D eigenvalue weighted by molar-refractivity contribution is -0.217. The van der Waals surface area contributed by atoms with Crippen LogP contribution in [0.25, 0.3) is 0 Å². The summed E-state index contributed by atoms with van der Waals surface area (Å²) in [5.41, 5.74) is 2.44. The Bertz CT molecular complexity index is 521. The number of rotatable bonds is 1. The van der Waals surface area contributed by atoms with Crippen molar-refractivity contribution in [2.24, 2.45) is 11.3 Å². The topological polar surface area (TPSA) is 55.8 Å². The minimum Gasteiger partial charge on any atom is -0.426 e. The minimum absolute atomic E-state index is 0.0409. The van der Waals surface area contributed by atoms with Crippen LogP contribution in [0.1, 0.15) is 39.5 Å². The molecule has 2 saturated carbocycles. The SMILES string of the molecule is C=C1[C@H](O)CC[C@]2(C)C[C@@]3(OC)OC(=O)C(C)=C3C[C@H]12.